The largest absolute Gasteiger partial charge is 0.493 e. The van der Waals surface area contributed by atoms with E-state index >= 15 is 0 Å². The minimum atomic E-state index is -0.476. The Morgan fingerprint density at radius 3 is 2.77 bits per heavy atom. The number of nitrogens with two attached hydrogens (primary N) is 1. The fourth-order valence-corrected chi connectivity index (χ4v) is 3.75. The molecule has 1 saturated heterocycles. The Labute approximate surface area is 182 Å². The maximum absolute atomic E-state index is 11.3. The molecule has 1 heterocycles. The van der Waals surface area contributed by atoms with Gasteiger partial charge in [-0.25, -0.2) is 0 Å². The predicted octanol–water partition coefficient (Wildman–Crippen LogP) is 3.93. The summed E-state index contributed by atoms with van der Waals surface area (Å²) >= 11 is 6.45. The molecule has 2 N–H and O–H groups in total. The van der Waals surface area contributed by atoms with E-state index in [0.717, 1.165) is 24.2 Å². The molecule has 0 saturated carbocycles. The van der Waals surface area contributed by atoms with Crippen LogP contribution in [0.1, 0.15) is 40.7 Å². The fourth-order valence-electron chi connectivity index (χ4n) is 3.48. The van der Waals surface area contributed by atoms with Crippen LogP contribution in [0.5, 0.6) is 11.5 Å². The highest BCUT2D eigenvalue weighted by Crippen LogP contribution is 2.36. The van der Waals surface area contributed by atoms with E-state index in [1.54, 1.807) is 25.3 Å². The van der Waals surface area contributed by atoms with Gasteiger partial charge < -0.3 is 20.1 Å². The zero-order valence-electron chi connectivity index (χ0n) is 17.3. The number of hydrogen-bond donors (Lipinski definition) is 1. The standard InChI is InChI=1S/C23H28ClN3O3/c1-29-21-14-18(15-26-8-11-27-9-3-2-4-10-27)13-20(24)22(21)30-16-17-6-5-7-19(12-17)23(25)28/h5-7,12-15H,2-4,8-11,16H2,1H3,(H2,25,28). The maximum Gasteiger partial charge on any atom is 0.248 e. The minimum absolute atomic E-state index is 0.237. The summed E-state index contributed by atoms with van der Waals surface area (Å²) in [6.45, 7) is 4.31. The summed E-state index contributed by atoms with van der Waals surface area (Å²) < 4.78 is 11.3. The molecule has 1 fully saturated rings. The summed E-state index contributed by atoms with van der Waals surface area (Å²) in [5.41, 5.74) is 7.44. The molecule has 1 aliphatic rings. The third-order valence-corrected chi connectivity index (χ3v) is 5.36. The summed E-state index contributed by atoms with van der Waals surface area (Å²) in [6, 6.07) is 10.7. The Hall–Kier alpha value is -2.57. The Balaban J connectivity index is 1.62. The van der Waals surface area contributed by atoms with Crippen LogP contribution in [-0.4, -0.2) is 50.3 Å². The zero-order valence-corrected chi connectivity index (χ0v) is 18.0. The van der Waals surface area contributed by atoms with Gasteiger partial charge in [0.05, 0.1) is 18.7 Å². The lowest BCUT2D eigenvalue weighted by molar-refractivity contribution is 0.1000. The molecule has 1 amide bonds. The van der Waals surface area contributed by atoms with Crippen molar-refractivity contribution in [3.8, 4) is 11.5 Å². The first-order valence-electron chi connectivity index (χ1n) is 10.2. The number of piperidine rings is 1. The van der Waals surface area contributed by atoms with Crippen LogP contribution in [-0.2, 0) is 6.61 Å². The van der Waals surface area contributed by atoms with Crippen LogP contribution in [0.25, 0.3) is 0 Å². The molecule has 0 atom stereocenters. The second-order valence-corrected chi connectivity index (χ2v) is 7.73. The van der Waals surface area contributed by atoms with E-state index in [2.05, 4.69) is 9.89 Å². The molecule has 2 aromatic carbocycles. The Kier molecular flexibility index (Phi) is 8.11. The third-order valence-electron chi connectivity index (χ3n) is 5.08. The predicted molar refractivity (Wildman–Crippen MR) is 120 cm³/mol. The molecule has 2 aromatic rings. The normalized spacial score (nSPS) is 14.7. The van der Waals surface area contributed by atoms with Gasteiger partial charge in [-0.15, -0.1) is 0 Å². The third kappa shape index (κ3) is 6.21. The number of carbonyl (C=O) groups excluding carboxylic acids is 1. The van der Waals surface area contributed by atoms with Gasteiger partial charge in [0, 0.05) is 18.3 Å². The molecule has 6 nitrogen and oxygen atoms in total. The van der Waals surface area contributed by atoms with Crippen molar-refractivity contribution in [2.24, 2.45) is 10.7 Å². The van der Waals surface area contributed by atoms with Crippen LogP contribution in [0.3, 0.4) is 0 Å². The highest BCUT2D eigenvalue weighted by molar-refractivity contribution is 6.32. The van der Waals surface area contributed by atoms with E-state index in [4.69, 9.17) is 26.8 Å². The van der Waals surface area contributed by atoms with Crippen molar-refractivity contribution in [2.75, 3.05) is 33.3 Å². The number of likely N-dealkylation sites (tertiary alicyclic amines) is 1. The highest BCUT2D eigenvalue weighted by Gasteiger charge is 2.13. The van der Waals surface area contributed by atoms with Gasteiger partial charge in [-0.1, -0.05) is 30.2 Å². The van der Waals surface area contributed by atoms with E-state index in [0.29, 0.717) is 22.1 Å². The lowest BCUT2D eigenvalue weighted by atomic mass is 10.1. The molecule has 0 spiro atoms. The van der Waals surface area contributed by atoms with Crippen molar-refractivity contribution < 1.29 is 14.3 Å². The summed E-state index contributed by atoms with van der Waals surface area (Å²) in [5.74, 6) is 0.511. The van der Waals surface area contributed by atoms with Crippen molar-refractivity contribution in [1.29, 1.82) is 0 Å². The number of hydrogen-bond acceptors (Lipinski definition) is 5. The van der Waals surface area contributed by atoms with Gasteiger partial charge in [-0.2, -0.15) is 0 Å². The number of nitrogens with zero attached hydrogens (tertiary/aromatic N) is 2. The highest BCUT2D eigenvalue weighted by atomic mass is 35.5. The van der Waals surface area contributed by atoms with Crippen molar-refractivity contribution in [1.82, 2.24) is 4.90 Å². The van der Waals surface area contributed by atoms with E-state index < -0.39 is 5.91 Å². The molecule has 30 heavy (non-hydrogen) atoms. The van der Waals surface area contributed by atoms with Gasteiger partial charge in [0.25, 0.3) is 0 Å². The van der Waals surface area contributed by atoms with Crippen molar-refractivity contribution in [3.05, 3.63) is 58.1 Å². The number of methoxy groups -OCH3 is 1. The van der Waals surface area contributed by atoms with Gasteiger partial charge in [-0.05, 0) is 61.3 Å². The molecule has 0 bridgehead atoms. The topological polar surface area (TPSA) is 77.2 Å². The van der Waals surface area contributed by atoms with Crippen molar-refractivity contribution in [2.45, 2.75) is 25.9 Å². The molecular weight excluding hydrogens is 402 g/mol. The van der Waals surface area contributed by atoms with E-state index in [9.17, 15) is 4.79 Å². The Morgan fingerprint density at radius 1 is 1.23 bits per heavy atom. The van der Waals surface area contributed by atoms with Crippen LogP contribution in [0.15, 0.2) is 41.4 Å². The first-order valence-corrected chi connectivity index (χ1v) is 10.6. The molecule has 3 rings (SSSR count). The molecule has 7 heteroatoms. The zero-order chi connectivity index (χ0) is 21.3. The first-order chi connectivity index (χ1) is 14.6. The minimum Gasteiger partial charge on any atom is -0.493 e. The number of carbonyl (C=O) groups is 1. The van der Waals surface area contributed by atoms with Crippen molar-refractivity contribution >= 4 is 23.7 Å². The molecule has 160 valence electrons. The molecule has 0 aromatic heterocycles. The number of rotatable bonds is 9. The maximum atomic E-state index is 11.3. The summed E-state index contributed by atoms with van der Waals surface area (Å²) in [7, 11) is 1.57. The number of benzene rings is 2. The Bertz CT molecular complexity index is 895. The average Bonchev–Trinajstić information content (AvgIpc) is 2.76. The fraction of sp³-hybridized carbons (Fsp3) is 0.391. The Morgan fingerprint density at radius 2 is 2.03 bits per heavy atom. The number of primary amides is 1. The van der Waals surface area contributed by atoms with Crippen LogP contribution < -0.4 is 15.2 Å². The second kappa shape index (κ2) is 11.0. The van der Waals surface area contributed by atoms with Gasteiger partial charge in [0.1, 0.15) is 6.61 Å². The number of ether oxygens (including phenoxy) is 2. The van der Waals surface area contributed by atoms with E-state index in [-0.39, 0.29) is 6.61 Å². The van der Waals surface area contributed by atoms with Crippen molar-refractivity contribution in [3.63, 3.8) is 0 Å². The number of amides is 1. The van der Waals surface area contributed by atoms with Crippen LogP contribution in [0, 0.1) is 0 Å². The lowest BCUT2D eigenvalue weighted by Gasteiger charge is -2.25. The molecule has 0 aliphatic carbocycles. The quantitative estimate of drug-likeness (QED) is 0.612. The van der Waals surface area contributed by atoms with Gasteiger partial charge in [0.15, 0.2) is 11.5 Å². The summed E-state index contributed by atoms with van der Waals surface area (Å²) in [4.78, 5) is 18.3. The smallest absolute Gasteiger partial charge is 0.248 e. The summed E-state index contributed by atoms with van der Waals surface area (Å²) in [6.07, 6.45) is 5.72. The van der Waals surface area contributed by atoms with Gasteiger partial charge in [0.2, 0.25) is 5.91 Å². The molecule has 1 aliphatic heterocycles. The number of aliphatic imine (C=N–C) groups is 1. The van der Waals surface area contributed by atoms with Crippen LogP contribution in [0.2, 0.25) is 5.02 Å². The van der Waals surface area contributed by atoms with Crippen LogP contribution >= 0.6 is 11.6 Å². The average molecular weight is 430 g/mol. The van der Waals surface area contributed by atoms with E-state index in [1.165, 1.54) is 32.4 Å². The van der Waals surface area contributed by atoms with Gasteiger partial charge >= 0.3 is 0 Å². The summed E-state index contributed by atoms with van der Waals surface area (Å²) in [5, 5.41) is 0.442. The molecular formula is C23H28ClN3O3. The first kappa shape index (κ1) is 22.1. The van der Waals surface area contributed by atoms with E-state index in [1.807, 2.05) is 24.4 Å². The SMILES string of the molecule is COc1cc(C=NCCN2CCCCC2)cc(Cl)c1OCc1cccc(C(N)=O)c1. The molecule has 0 radical (unpaired) electrons. The van der Waals surface area contributed by atoms with Gasteiger partial charge in [-0.3, -0.25) is 9.79 Å². The molecule has 0 unspecified atom stereocenters. The lowest BCUT2D eigenvalue weighted by Crippen LogP contribution is -2.31. The monoisotopic (exact) mass is 429 g/mol. The second-order valence-electron chi connectivity index (χ2n) is 7.32. The number of halogens is 1. The van der Waals surface area contributed by atoms with Crippen LogP contribution in [0.4, 0.5) is 0 Å².